The van der Waals surface area contributed by atoms with Crippen molar-refractivity contribution in [3.63, 3.8) is 0 Å². The van der Waals surface area contributed by atoms with Crippen LogP contribution < -0.4 is 10.9 Å². The summed E-state index contributed by atoms with van der Waals surface area (Å²) in [7, 11) is 5.53. The van der Waals surface area contributed by atoms with Crippen molar-refractivity contribution in [1.29, 1.82) is 0 Å². The minimum Gasteiger partial charge on any atom is -0.385 e. The Labute approximate surface area is 190 Å². The van der Waals surface area contributed by atoms with E-state index in [1.807, 2.05) is 25.1 Å². The number of benzene rings is 1. The van der Waals surface area contributed by atoms with Crippen LogP contribution in [0.15, 0.2) is 23.0 Å². The average Bonchev–Trinajstić information content (AvgIpc) is 3.13. The molecule has 8 nitrogen and oxygen atoms in total. The molecule has 1 unspecified atom stereocenters. The van der Waals surface area contributed by atoms with E-state index in [0.717, 1.165) is 16.5 Å². The van der Waals surface area contributed by atoms with Gasteiger partial charge in [-0.1, -0.05) is 6.92 Å². The van der Waals surface area contributed by atoms with Crippen LogP contribution in [-0.2, 0) is 30.0 Å². The molecule has 0 fully saturated rings. The molecule has 0 amide bonds. The normalized spacial score (nSPS) is 21.3. The van der Waals surface area contributed by atoms with Crippen molar-refractivity contribution < 1.29 is 19.3 Å². The largest absolute Gasteiger partial charge is 0.385 e. The van der Waals surface area contributed by atoms with Crippen molar-refractivity contribution in [2.45, 2.75) is 44.9 Å². The van der Waals surface area contributed by atoms with E-state index in [1.165, 1.54) is 6.07 Å². The smallest absolute Gasteiger partial charge is 0.257 e. The van der Waals surface area contributed by atoms with E-state index in [1.54, 1.807) is 24.6 Å². The van der Waals surface area contributed by atoms with Gasteiger partial charge >= 0.3 is 0 Å². The van der Waals surface area contributed by atoms with Crippen molar-refractivity contribution in [1.82, 2.24) is 14.5 Å². The van der Waals surface area contributed by atoms with Crippen molar-refractivity contribution in [3.8, 4) is 11.4 Å². The van der Waals surface area contributed by atoms with Crippen LogP contribution in [0.25, 0.3) is 22.3 Å². The summed E-state index contributed by atoms with van der Waals surface area (Å²) < 4.78 is 21.8. The molecule has 3 aromatic rings. The maximum absolute atomic E-state index is 14.9. The first-order chi connectivity index (χ1) is 15.7. The molecule has 0 saturated carbocycles. The lowest BCUT2D eigenvalue weighted by molar-refractivity contribution is -0.236. The van der Waals surface area contributed by atoms with Gasteiger partial charge in [-0.2, -0.15) is 0 Å². The summed E-state index contributed by atoms with van der Waals surface area (Å²) in [5.74, 6) is -0.393. The molecule has 3 N–H and O–H groups in total. The number of nitrogens with one attached hydrogen (secondary N) is 1. The maximum Gasteiger partial charge on any atom is 0.257 e. The van der Waals surface area contributed by atoms with Crippen LogP contribution in [0.3, 0.4) is 0 Å². The van der Waals surface area contributed by atoms with Crippen LogP contribution in [0.1, 0.15) is 35.6 Å². The summed E-state index contributed by atoms with van der Waals surface area (Å²) in [6.45, 7) is 2.49. The lowest BCUT2D eigenvalue weighted by Crippen LogP contribution is -2.47. The van der Waals surface area contributed by atoms with Crippen molar-refractivity contribution >= 4 is 16.6 Å². The van der Waals surface area contributed by atoms with Crippen LogP contribution in [0.2, 0.25) is 0 Å². The Balaban J connectivity index is 1.76. The third-order valence-electron chi connectivity index (χ3n) is 6.76. The predicted molar refractivity (Wildman–Crippen MR) is 122 cm³/mol. The molecular weight excluding hydrogens is 427 g/mol. The summed E-state index contributed by atoms with van der Waals surface area (Å²) in [5.41, 5.74) is 2.42. The minimum absolute atomic E-state index is 0.0760. The van der Waals surface area contributed by atoms with Gasteiger partial charge in [-0.25, -0.2) is 9.37 Å². The number of rotatable bonds is 4. The molecule has 0 saturated heterocycles. The molecule has 0 bridgehead atoms. The summed E-state index contributed by atoms with van der Waals surface area (Å²) in [4.78, 5) is 20.1. The summed E-state index contributed by atoms with van der Waals surface area (Å²) >= 11 is 0. The standard InChI is InChI=1S/C24H27FN4O4/c1-5-24(32)16-7-19-20-12(9-29(19)22(30)15(16)11-33-23(24)31)6-13-14(10-28(3)4)21(26-2)17(25)8-18(13)27-20/h6-8,23,26,31-32H,5,9-11H2,1-4H3/t23?,24-/m0/s1. The van der Waals surface area contributed by atoms with E-state index in [9.17, 15) is 19.4 Å². The monoisotopic (exact) mass is 454 g/mol. The molecule has 4 heterocycles. The van der Waals surface area contributed by atoms with Crippen LogP contribution in [0.4, 0.5) is 10.1 Å². The number of pyridine rings is 2. The molecule has 9 heteroatoms. The quantitative estimate of drug-likeness (QED) is 0.434. The van der Waals surface area contributed by atoms with Crippen LogP contribution >= 0.6 is 0 Å². The van der Waals surface area contributed by atoms with Crippen LogP contribution in [0, 0.1) is 5.82 Å². The second-order valence-corrected chi connectivity index (χ2v) is 9.02. The lowest BCUT2D eigenvalue weighted by Gasteiger charge is -2.37. The summed E-state index contributed by atoms with van der Waals surface area (Å²) in [5, 5.41) is 25.2. The van der Waals surface area contributed by atoms with E-state index < -0.39 is 17.7 Å². The van der Waals surface area contributed by atoms with Crippen LogP contribution in [-0.4, -0.2) is 52.1 Å². The fraction of sp³-hybridized carbons (Fsp3) is 0.417. The topological polar surface area (TPSA) is 99.9 Å². The number of hydrogen-bond acceptors (Lipinski definition) is 7. The molecule has 1 aromatic carbocycles. The Kier molecular flexibility index (Phi) is 5.06. The zero-order valence-corrected chi connectivity index (χ0v) is 19.1. The van der Waals surface area contributed by atoms with Gasteiger partial charge in [0.1, 0.15) is 11.4 Å². The van der Waals surface area contributed by atoms with E-state index in [2.05, 4.69) is 5.32 Å². The van der Waals surface area contributed by atoms with Gasteiger partial charge < -0.3 is 29.7 Å². The van der Waals surface area contributed by atoms with Crippen molar-refractivity contribution in [2.24, 2.45) is 0 Å². The number of hydrogen-bond donors (Lipinski definition) is 3. The van der Waals surface area contributed by atoms with Gasteiger partial charge in [0.15, 0.2) is 6.29 Å². The number of ether oxygens (including phenoxy) is 1. The molecule has 174 valence electrons. The van der Waals surface area contributed by atoms with Crippen molar-refractivity contribution in [2.75, 3.05) is 26.5 Å². The van der Waals surface area contributed by atoms with E-state index in [-0.39, 0.29) is 18.6 Å². The van der Waals surface area contributed by atoms with Gasteiger partial charge in [0.25, 0.3) is 5.56 Å². The molecular formula is C24H27FN4O4. The number of aromatic nitrogens is 2. The fourth-order valence-corrected chi connectivity index (χ4v) is 5.02. The first-order valence-electron chi connectivity index (χ1n) is 11.0. The molecule has 0 spiro atoms. The number of fused-ring (bicyclic) bond motifs is 5. The van der Waals surface area contributed by atoms with Gasteiger partial charge in [0, 0.05) is 47.3 Å². The highest BCUT2D eigenvalue weighted by Crippen LogP contribution is 2.41. The summed E-state index contributed by atoms with van der Waals surface area (Å²) in [6.07, 6.45) is -1.25. The average molecular weight is 455 g/mol. The zero-order valence-electron chi connectivity index (χ0n) is 19.1. The highest BCUT2D eigenvalue weighted by molar-refractivity contribution is 5.91. The third-order valence-corrected chi connectivity index (χ3v) is 6.76. The lowest BCUT2D eigenvalue weighted by atomic mass is 9.85. The Morgan fingerprint density at radius 1 is 1.36 bits per heavy atom. The first kappa shape index (κ1) is 22.0. The second-order valence-electron chi connectivity index (χ2n) is 9.02. The van der Waals surface area contributed by atoms with Gasteiger partial charge in [0.2, 0.25) is 0 Å². The summed E-state index contributed by atoms with van der Waals surface area (Å²) in [6, 6.07) is 5.09. The molecule has 0 radical (unpaired) electrons. The third kappa shape index (κ3) is 3.11. The molecule has 5 rings (SSSR count). The fourth-order valence-electron chi connectivity index (χ4n) is 5.02. The molecule has 0 aliphatic carbocycles. The van der Waals surface area contributed by atoms with E-state index >= 15 is 0 Å². The second kappa shape index (κ2) is 7.59. The zero-order chi connectivity index (χ0) is 23.7. The highest BCUT2D eigenvalue weighted by Gasteiger charge is 2.44. The molecule has 2 aromatic heterocycles. The first-order valence-corrected chi connectivity index (χ1v) is 11.0. The molecule has 2 aliphatic heterocycles. The predicted octanol–water partition coefficient (Wildman–Crippen LogP) is 2.11. The SMILES string of the molecule is CC[C@]1(O)c2cc3n(c(=O)c2COC1O)Cc1cc2c(CN(C)C)c(NC)c(F)cc2nc1-3. The van der Waals surface area contributed by atoms with Gasteiger partial charge in [-0.3, -0.25) is 4.79 Å². The number of halogens is 1. The van der Waals surface area contributed by atoms with E-state index in [4.69, 9.17) is 9.72 Å². The van der Waals surface area contributed by atoms with Crippen molar-refractivity contribution in [3.05, 3.63) is 56.6 Å². The Morgan fingerprint density at radius 3 is 2.79 bits per heavy atom. The van der Waals surface area contributed by atoms with Gasteiger partial charge in [0.05, 0.1) is 35.7 Å². The van der Waals surface area contributed by atoms with Crippen LogP contribution in [0.5, 0.6) is 0 Å². The van der Waals surface area contributed by atoms with Gasteiger partial charge in [-0.15, -0.1) is 0 Å². The Bertz CT molecular complexity index is 1350. The maximum atomic E-state index is 14.9. The minimum atomic E-state index is -1.69. The number of aliphatic hydroxyl groups excluding tert-OH is 1. The molecule has 33 heavy (non-hydrogen) atoms. The Morgan fingerprint density at radius 2 is 2.12 bits per heavy atom. The number of aliphatic hydroxyl groups is 2. The molecule has 2 aliphatic rings. The number of nitrogens with zero attached hydrogens (tertiary/aromatic N) is 3. The molecule has 2 atom stereocenters. The van der Waals surface area contributed by atoms with Gasteiger partial charge in [-0.05, 0) is 32.6 Å². The van der Waals surface area contributed by atoms with E-state index in [0.29, 0.717) is 46.8 Å². The number of anilines is 1. The highest BCUT2D eigenvalue weighted by atomic mass is 19.1. The Hall–Kier alpha value is -2.85.